The molecular weight excluding hydrogens is 376 g/mol. The molecule has 1 saturated carbocycles. The first-order valence-corrected chi connectivity index (χ1v) is 10.5. The number of benzene rings is 1. The first kappa shape index (κ1) is 21.5. The molecule has 150 valence electrons. The number of carbonyl (C=O) groups is 1. The van der Waals surface area contributed by atoms with E-state index < -0.39 is 34.0 Å². The Morgan fingerprint density at radius 2 is 1.96 bits per heavy atom. The smallest absolute Gasteiger partial charge is 0.305 e. The normalized spacial score (nSPS) is 23.0. The van der Waals surface area contributed by atoms with Crippen molar-refractivity contribution in [2.24, 2.45) is 5.92 Å². The number of halogens is 2. The molecule has 0 spiro atoms. The van der Waals surface area contributed by atoms with E-state index in [0.717, 1.165) is 12.1 Å². The Labute approximate surface area is 158 Å². The van der Waals surface area contributed by atoms with Gasteiger partial charge in [-0.3, -0.25) is 4.79 Å². The van der Waals surface area contributed by atoms with Crippen LogP contribution in [0, 0.1) is 11.7 Å². The molecule has 0 heterocycles. The fraction of sp³-hybridized carbons (Fsp3) is 0.526. The second-order valence-corrected chi connectivity index (χ2v) is 8.33. The second kappa shape index (κ2) is 9.94. The second-order valence-electron chi connectivity index (χ2n) is 6.61. The van der Waals surface area contributed by atoms with Crippen molar-refractivity contribution in [2.75, 3.05) is 7.11 Å². The Bertz CT molecular complexity index is 749. The van der Waals surface area contributed by atoms with Crippen LogP contribution in [0.1, 0.15) is 38.5 Å². The maximum Gasteiger partial charge on any atom is 0.305 e. The fourth-order valence-electron chi connectivity index (χ4n) is 3.20. The van der Waals surface area contributed by atoms with Crippen molar-refractivity contribution in [3.05, 3.63) is 42.2 Å². The molecule has 1 fully saturated rings. The van der Waals surface area contributed by atoms with Crippen LogP contribution >= 0.6 is 0 Å². The summed E-state index contributed by atoms with van der Waals surface area (Å²) in [5, 5.41) is 0. The Kier molecular flexibility index (Phi) is 7.91. The predicted octanol–water partition coefficient (Wildman–Crippen LogP) is 3.51. The van der Waals surface area contributed by atoms with Crippen LogP contribution in [-0.4, -0.2) is 33.7 Å². The van der Waals surface area contributed by atoms with Crippen LogP contribution < -0.4 is 4.72 Å². The fourth-order valence-corrected chi connectivity index (χ4v) is 4.52. The number of unbranched alkanes of at least 4 members (excludes halogenated alkanes) is 1. The first-order valence-electron chi connectivity index (χ1n) is 8.97. The molecule has 27 heavy (non-hydrogen) atoms. The molecule has 0 aliphatic heterocycles. The third kappa shape index (κ3) is 6.39. The summed E-state index contributed by atoms with van der Waals surface area (Å²) in [6.45, 7) is 0. The summed E-state index contributed by atoms with van der Waals surface area (Å²) in [5.41, 5.74) is 0. The van der Waals surface area contributed by atoms with Crippen molar-refractivity contribution < 1.29 is 26.7 Å². The van der Waals surface area contributed by atoms with Gasteiger partial charge in [-0.05, 0) is 56.4 Å². The van der Waals surface area contributed by atoms with Gasteiger partial charge in [-0.25, -0.2) is 21.9 Å². The molecule has 0 aromatic heterocycles. The highest BCUT2D eigenvalue weighted by Crippen LogP contribution is 2.33. The summed E-state index contributed by atoms with van der Waals surface area (Å²) in [4.78, 5) is 11.0. The lowest BCUT2D eigenvalue weighted by molar-refractivity contribution is -0.140. The van der Waals surface area contributed by atoms with Crippen LogP contribution in [0.15, 0.2) is 41.3 Å². The van der Waals surface area contributed by atoms with Gasteiger partial charge in [0.25, 0.3) is 0 Å². The van der Waals surface area contributed by atoms with E-state index in [2.05, 4.69) is 9.46 Å². The van der Waals surface area contributed by atoms with Crippen LogP contribution in [0.25, 0.3) is 0 Å². The Balaban J connectivity index is 1.90. The highest BCUT2D eigenvalue weighted by atomic mass is 32.2. The van der Waals surface area contributed by atoms with E-state index in [1.165, 1.54) is 19.2 Å². The molecule has 8 heteroatoms. The number of hydrogen-bond donors (Lipinski definition) is 1. The van der Waals surface area contributed by atoms with Gasteiger partial charge in [0.15, 0.2) is 0 Å². The summed E-state index contributed by atoms with van der Waals surface area (Å²) in [7, 11) is -2.49. The van der Waals surface area contributed by atoms with Crippen LogP contribution in [0.4, 0.5) is 8.78 Å². The molecular formula is C19H25F2NO4S. The van der Waals surface area contributed by atoms with Crippen molar-refractivity contribution >= 4 is 16.0 Å². The van der Waals surface area contributed by atoms with Crippen molar-refractivity contribution in [3.63, 3.8) is 0 Å². The summed E-state index contributed by atoms with van der Waals surface area (Å²) >= 11 is 0. The topological polar surface area (TPSA) is 72.5 Å². The van der Waals surface area contributed by atoms with Gasteiger partial charge in [-0.2, -0.15) is 0 Å². The van der Waals surface area contributed by atoms with E-state index in [1.54, 1.807) is 0 Å². The van der Waals surface area contributed by atoms with Crippen molar-refractivity contribution in [3.8, 4) is 0 Å². The number of allylic oxidation sites excluding steroid dienone is 2. The molecule has 1 aromatic carbocycles. The average Bonchev–Trinajstić information content (AvgIpc) is 2.97. The minimum Gasteiger partial charge on any atom is -0.469 e. The highest BCUT2D eigenvalue weighted by Gasteiger charge is 2.37. The zero-order chi connectivity index (χ0) is 19.9. The van der Waals surface area contributed by atoms with Crippen LogP contribution in [0.3, 0.4) is 0 Å². The maximum absolute atomic E-state index is 14.2. The number of hydrogen-bond acceptors (Lipinski definition) is 4. The largest absolute Gasteiger partial charge is 0.469 e. The average molecular weight is 401 g/mol. The van der Waals surface area contributed by atoms with Crippen LogP contribution in [0.2, 0.25) is 0 Å². The molecule has 0 unspecified atom stereocenters. The van der Waals surface area contributed by atoms with E-state index >= 15 is 0 Å². The van der Waals surface area contributed by atoms with Gasteiger partial charge in [0.05, 0.1) is 12.0 Å². The van der Waals surface area contributed by atoms with Crippen LogP contribution in [-0.2, 0) is 19.6 Å². The number of sulfonamides is 1. The number of esters is 1. The summed E-state index contributed by atoms with van der Waals surface area (Å²) in [6.07, 6.45) is 5.41. The number of ether oxygens (including phenoxy) is 1. The van der Waals surface area contributed by atoms with Crippen molar-refractivity contribution in [1.29, 1.82) is 0 Å². The molecule has 0 radical (unpaired) electrons. The molecule has 2 rings (SSSR count). The molecule has 1 aliphatic rings. The molecule has 5 nitrogen and oxygen atoms in total. The maximum atomic E-state index is 14.2. The first-order chi connectivity index (χ1) is 12.8. The Morgan fingerprint density at radius 1 is 1.26 bits per heavy atom. The van der Waals surface area contributed by atoms with Gasteiger partial charge in [0.1, 0.15) is 12.0 Å². The third-order valence-corrected chi connectivity index (χ3v) is 6.23. The number of methoxy groups -OCH3 is 1. The molecule has 1 aliphatic carbocycles. The zero-order valence-corrected chi connectivity index (χ0v) is 16.1. The summed E-state index contributed by atoms with van der Waals surface area (Å²) < 4.78 is 59.2. The third-order valence-electron chi connectivity index (χ3n) is 4.72. The number of nitrogens with one attached hydrogen (secondary N) is 1. The number of alkyl halides is 1. The minimum atomic E-state index is -3.83. The highest BCUT2D eigenvalue weighted by molar-refractivity contribution is 7.89. The Hall–Kier alpha value is -1.80. The number of carbonyl (C=O) groups excluding carboxylic acids is 1. The van der Waals surface area contributed by atoms with E-state index in [0.29, 0.717) is 38.5 Å². The summed E-state index contributed by atoms with van der Waals surface area (Å²) in [6, 6.07) is 4.03. The molecule has 0 amide bonds. The zero-order valence-electron chi connectivity index (χ0n) is 15.2. The summed E-state index contributed by atoms with van der Waals surface area (Å²) in [5.74, 6) is -1.23. The van der Waals surface area contributed by atoms with Crippen molar-refractivity contribution in [1.82, 2.24) is 4.72 Å². The molecule has 1 aromatic rings. The van der Waals surface area contributed by atoms with E-state index in [4.69, 9.17) is 0 Å². The lowest BCUT2D eigenvalue weighted by Gasteiger charge is -2.21. The van der Waals surface area contributed by atoms with Gasteiger partial charge in [-0.1, -0.05) is 12.2 Å². The lowest BCUT2D eigenvalue weighted by atomic mass is 9.98. The van der Waals surface area contributed by atoms with E-state index in [-0.39, 0.29) is 10.9 Å². The predicted molar refractivity (Wildman–Crippen MR) is 97.8 cm³/mol. The van der Waals surface area contributed by atoms with Gasteiger partial charge in [0, 0.05) is 18.4 Å². The minimum absolute atomic E-state index is 0.0386. The van der Waals surface area contributed by atoms with E-state index in [9.17, 15) is 22.0 Å². The molecule has 1 N–H and O–H groups in total. The number of rotatable bonds is 9. The van der Waals surface area contributed by atoms with Crippen molar-refractivity contribution in [2.45, 2.75) is 55.6 Å². The SMILES string of the molecule is COC(=O)CCC/C=C\C[C@H]1[C@H](F)CC[C@@H]1NS(=O)(=O)c1ccc(F)cc1. The standard InChI is InChI=1S/C19H25F2NO4S/c1-26-19(23)7-5-3-2-4-6-16-17(21)12-13-18(16)22-27(24,25)15-10-8-14(20)9-11-15/h2,4,8-11,16-18,22H,3,5-7,12-13H2,1H3/b4-2-/t16-,17+,18-/m0/s1. The van der Waals surface area contributed by atoms with Gasteiger partial charge in [-0.15, -0.1) is 0 Å². The van der Waals surface area contributed by atoms with E-state index in [1.807, 2.05) is 12.2 Å². The van der Waals surface area contributed by atoms with Gasteiger partial charge >= 0.3 is 5.97 Å². The lowest BCUT2D eigenvalue weighted by Crippen LogP contribution is -2.38. The van der Waals surface area contributed by atoms with Crippen LogP contribution in [0.5, 0.6) is 0 Å². The van der Waals surface area contributed by atoms with Gasteiger partial charge in [0.2, 0.25) is 10.0 Å². The monoisotopic (exact) mass is 401 g/mol. The molecule has 0 saturated heterocycles. The Morgan fingerprint density at radius 3 is 2.63 bits per heavy atom. The molecule has 3 atom stereocenters. The molecule has 0 bridgehead atoms. The quantitative estimate of drug-likeness (QED) is 0.390. The van der Waals surface area contributed by atoms with Gasteiger partial charge < -0.3 is 4.74 Å².